The summed E-state index contributed by atoms with van der Waals surface area (Å²) in [5.41, 5.74) is 0.347. The normalized spacial score (nSPS) is 11.5. The van der Waals surface area contributed by atoms with E-state index in [1.165, 1.54) is 6.07 Å². The highest BCUT2D eigenvalue weighted by molar-refractivity contribution is 5.23. The second kappa shape index (κ2) is 6.60. The first kappa shape index (κ1) is 14.0. The zero-order valence-corrected chi connectivity index (χ0v) is 10.9. The molecule has 0 heterocycles. The maximum Gasteiger partial charge on any atom is 0.165 e. The number of hydrogen-bond acceptors (Lipinski definition) is 2. The highest BCUT2D eigenvalue weighted by Gasteiger charge is 2.08. The van der Waals surface area contributed by atoms with Crippen molar-refractivity contribution < 1.29 is 9.13 Å². The zero-order chi connectivity index (χ0) is 12.7. The van der Waals surface area contributed by atoms with Gasteiger partial charge in [0.25, 0.3) is 0 Å². The van der Waals surface area contributed by atoms with Crippen LogP contribution in [-0.2, 0) is 0 Å². The molecule has 96 valence electrons. The average Bonchev–Trinajstić information content (AvgIpc) is 2.24. The molecule has 2 nitrogen and oxygen atoms in total. The van der Waals surface area contributed by atoms with Gasteiger partial charge in [-0.05, 0) is 30.5 Å². The second-order valence-electron chi connectivity index (χ2n) is 5.34. The molecule has 0 aliphatic heterocycles. The summed E-state index contributed by atoms with van der Waals surface area (Å²) in [6, 6.07) is 6.47. The summed E-state index contributed by atoms with van der Waals surface area (Å²) in [7, 11) is 0. The Morgan fingerprint density at radius 2 is 1.88 bits per heavy atom. The second-order valence-corrected chi connectivity index (χ2v) is 5.34. The Labute approximate surface area is 103 Å². The molecule has 0 unspecified atom stereocenters. The molecule has 0 aromatic heterocycles. The molecule has 0 fully saturated rings. The molecular weight excluding hydrogens is 217 g/mol. The maximum atomic E-state index is 13.2. The van der Waals surface area contributed by atoms with E-state index in [1.54, 1.807) is 18.2 Å². The van der Waals surface area contributed by atoms with E-state index in [2.05, 4.69) is 26.1 Å². The Morgan fingerprint density at radius 3 is 2.53 bits per heavy atom. The van der Waals surface area contributed by atoms with Crippen molar-refractivity contribution in [1.29, 1.82) is 0 Å². The van der Waals surface area contributed by atoms with Crippen molar-refractivity contribution in [1.82, 2.24) is 5.32 Å². The van der Waals surface area contributed by atoms with Crippen LogP contribution in [0.1, 0.15) is 27.2 Å². The highest BCUT2D eigenvalue weighted by Crippen LogP contribution is 2.17. The van der Waals surface area contributed by atoms with E-state index in [1.807, 2.05) is 0 Å². The first-order valence-electron chi connectivity index (χ1n) is 6.07. The molecule has 3 heteroatoms. The number of rotatable bonds is 6. The van der Waals surface area contributed by atoms with Crippen LogP contribution in [0.25, 0.3) is 0 Å². The number of ether oxygens (including phenoxy) is 1. The summed E-state index contributed by atoms with van der Waals surface area (Å²) in [5, 5.41) is 3.28. The van der Waals surface area contributed by atoms with Crippen molar-refractivity contribution in [2.24, 2.45) is 5.41 Å². The van der Waals surface area contributed by atoms with Gasteiger partial charge in [0, 0.05) is 6.54 Å². The Morgan fingerprint density at radius 1 is 1.18 bits per heavy atom. The van der Waals surface area contributed by atoms with Crippen LogP contribution in [0.2, 0.25) is 0 Å². The van der Waals surface area contributed by atoms with Crippen LogP contribution < -0.4 is 10.1 Å². The van der Waals surface area contributed by atoms with Gasteiger partial charge >= 0.3 is 0 Å². The SMILES string of the molecule is CC(C)(C)CCNCCOc1ccccc1F. The van der Waals surface area contributed by atoms with E-state index < -0.39 is 0 Å². The summed E-state index contributed by atoms with van der Waals surface area (Å²) in [6.07, 6.45) is 1.12. The van der Waals surface area contributed by atoms with Gasteiger partial charge in [0.1, 0.15) is 6.61 Å². The van der Waals surface area contributed by atoms with Crippen LogP contribution in [0.3, 0.4) is 0 Å². The Balaban J connectivity index is 2.11. The number of hydrogen-bond donors (Lipinski definition) is 1. The molecular formula is C14H22FNO. The summed E-state index contributed by atoms with van der Waals surface area (Å²) < 4.78 is 18.5. The minimum atomic E-state index is -0.304. The monoisotopic (exact) mass is 239 g/mol. The fourth-order valence-corrected chi connectivity index (χ4v) is 1.38. The van der Waals surface area contributed by atoms with Gasteiger partial charge in [0.2, 0.25) is 0 Å². The van der Waals surface area contributed by atoms with Crippen molar-refractivity contribution in [2.75, 3.05) is 19.7 Å². The van der Waals surface area contributed by atoms with Gasteiger partial charge in [0.15, 0.2) is 11.6 Å². The minimum absolute atomic E-state index is 0.304. The first-order chi connectivity index (χ1) is 7.99. The van der Waals surface area contributed by atoms with Crippen molar-refractivity contribution in [3.63, 3.8) is 0 Å². The van der Waals surface area contributed by atoms with Crippen molar-refractivity contribution in [3.05, 3.63) is 30.1 Å². The number of nitrogens with one attached hydrogen (secondary N) is 1. The largest absolute Gasteiger partial charge is 0.489 e. The lowest BCUT2D eigenvalue weighted by atomic mass is 9.92. The van der Waals surface area contributed by atoms with Crippen molar-refractivity contribution in [3.8, 4) is 5.75 Å². The van der Waals surface area contributed by atoms with Crippen LogP contribution in [0, 0.1) is 11.2 Å². The summed E-state index contributed by atoms with van der Waals surface area (Å²) in [5.74, 6) is 0.0207. The third kappa shape index (κ3) is 6.27. The molecule has 0 saturated carbocycles. The molecule has 0 atom stereocenters. The van der Waals surface area contributed by atoms with Crippen molar-refractivity contribution >= 4 is 0 Å². The van der Waals surface area contributed by atoms with Gasteiger partial charge in [-0.1, -0.05) is 32.9 Å². The smallest absolute Gasteiger partial charge is 0.165 e. The predicted molar refractivity (Wildman–Crippen MR) is 68.8 cm³/mol. The molecule has 0 bridgehead atoms. The van der Waals surface area contributed by atoms with E-state index in [4.69, 9.17) is 4.74 Å². The Bertz CT molecular complexity index is 333. The summed E-state index contributed by atoms with van der Waals surface area (Å²) in [4.78, 5) is 0. The lowest BCUT2D eigenvalue weighted by molar-refractivity contribution is 0.291. The van der Waals surface area contributed by atoms with Gasteiger partial charge in [-0.15, -0.1) is 0 Å². The molecule has 1 N–H and O–H groups in total. The molecule has 0 radical (unpaired) electrons. The number of benzene rings is 1. The standard InChI is InChI=1S/C14H22FNO/c1-14(2,3)8-9-16-10-11-17-13-7-5-4-6-12(13)15/h4-7,16H,8-11H2,1-3H3. The Hall–Kier alpha value is -1.09. The molecule has 0 aliphatic rings. The molecule has 0 spiro atoms. The highest BCUT2D eigenvalue weighted by atomic mass is 19.1. The van der Waals surface area contributed by atoms with Crippen LogP contribution >= 0.6 is 0 Å². The molecule has 1 rings (SSSR count). The fourth-order valence-electron chi connectivity index (χ4n) is 1.38. The van der Waals surface area contributed by atoms with Gasteiger partial charge in [-0.25, -0.2) is 4.39 Å². The Kier molecular flexibility index (Phi) is 5.42. The van der Waals surface area contributed by atoms with E-state index in [-0.39, 0.29) is 5.82 Å². The quantitative estimate of drug-likeness (QED) is 0.770. The molecule has 0 saturated heterocycles. The van der Waals surface area contributed by atoms with Crippen LogP contribution in [0.15, 0.2) is 24.3 Å². The number of halogens is 1. The summed E-state index contributed by atoms with van der Waals surface area (Å²) >= 11 is 0. The molecule has 0 aliphatic carbocycles. The molecule has 1 aromatic carbocycles. The van der Waals surface area contributed by atoms with Crippen LogP contribution in [-0.4, -0.2) is 19.7 Å². The van der Waals surface area contributed by atoms with Gasteiger partial charge in [-0.3, -0.25) is 0 Å². The number of para-hydroxylation sites is 1. The van der Waals surface area contributed by atoms with E-state index in [0.717, 1.165) is 19.5 Å². The topological polar surface area (TPSA) is 21.3 Å². The summed E-state index contributed by atoms with van der Waals surface area (Å²) in [6.45, 7) is 8.83. The minimum Gasteiger partial charge on any atom is -0.489 e. The van der Waals surface area contributed by atoms with Crippen LogP contribution in [0.4, 0.5) is 4.39 Å². The fraction of sp³-hybridized carbons (Fsp3) is 0.571. The maximum absolute atomic E-state index is 13.2. The van der Waals surface area contributed by atoms with E-state index >= 15 is 0 Å². The molecule has 0 amide bonds. The lowest BCUT2D eigenvalue weighted by Crippen LogP contribution is -2.25. The third-order valence-corrected chi connectivity index (χ3v) is 2.42. The van der Waals surface area contributed by atoms with Crippen LogP contribution in [0.5, 0.6) is 5.75 Å². The van der Waals surface area contributed by atoms with Crippen molar-refractivity contribution in [2.45, 2.75) is 27.2 Å². The predicted octanol–water partition coefficient (Wildman–Crippen LogP) is 3.23. The van der Waals surface area contributed by atoms with Gasteiger partial charge in [0.05, 0.1) is 0 Å². The first-order valence-corrected chi connectivity index (χ1v) is 6.07. The molecule has 1 aromatic rings. The third-order valence-electron chi connectivity index (χ3n) is 2.42. The van der Waals surface area contributed by atoms with Gasteiger partial charge < -0.3 is 10.1 Å². The van der Waals surface area contributed by atoms with Gasteiger partial charge in [-0.2, -0.15) is 0 Å². The van der Waals surface area contributed by atoms with E-state index in [9.17, 15) is 4.39 Å². The lowest BCUT2D eigenvalue weighted by Gasteiger charge is -2.18. The van der Waals surface area contributed by atoms with E-state index in [0.29, 0.717) is 17.8 Å². The average molecular weight is 239 g/mol. The molecule has 17 heavy (non-hydrogen) atoms. The zero-order valence-electron chi connectivity index (χ0n) is 10.9.